The van der Waals surface area contributed by atoms with Crippen LogP contribution in [0.1, 0.15) is 92.9 Å². The van der Waals surface area contributed by atoms with Gasteiger partial charge in [0.05, 0.1) is 0 Å². The normalized spacial score (nSPS) is 10.8. The van der Waals surface area contributed by atoms with E-state index in [2.05, 4.69) is 65.0 Å². The van der Waals surface area contributed by atoms with E-state index in [4.69, 9.17) is 0 Å². The molecule has 0 aliphatic heterocycles. The van der Waals surface area contributed by atoms with Gasteiger partial charge in [-0.3, -0.25) is 0 Å². The Morgan fingerprint density at radius 3 is 1.30 bits per heavy atom. The van der Waals surface area contributed by atoms with Crippen LogP contribution in [0.25, 0.3) is 0 Å². The summed E-state index contributed by atoms with van der Waals surface area (Å²) >= 11 is 0. The van der Waals surface area contributed by atoms with E-state index in [9.17, 15) is 20.4 Å². The van der Waals surface area contributed by atoms with Crippen molar-refractivity contribution in [2.75, 3.05) is 0 Å². The maximum absolute atomic E-state index is 12.1. The first-order chi connectivity index (χ1) is 14.4. The SMILES string of the molecule is CC(C)(C)c1cc(C(C)(C)c2ccccc2)ccc1[O-].CC(C)[O-].CC(C)[O-].CC(C)[O-].[Ti+4]. The van der Waals surface area contributed by atoms with Crippen molar-refractivity contribution in [3.05, 3.63) is 65.2 Å². The molecule has 33 heavy (non-hydrogen) atoms. The van der Waals surface area contributed by atoms with Gasteiger partial charge in [-0.1, -0.05) is 130 Å². The molecule has 0 saturated carbocycles. The largest absolute Gasteiger partial charge is 4.00 e. The van der Waals surface area contributed by atoms with Gasteiger partial charge in [-0.05, 0) is 16.5 Å². The maximum atomic E-state index is 12.1. The van der Waals surface area contributed by atoms with Crippen molar-refractivity contribution in [2.24, 2.45) is 0 Å². The Labute approximate surface area is 218 Å². The fourth-order valence-corrected chi connectivity index (χ4v) is 2.53. The molecule has 2 aromatic carbocycles. The quantitative estimate of drug-likeness (QED) is 0.599. The van der Waals surface area contributed by atoms with Gasteiger partial charge in [0.1, 0.15) is 0 Å². The average molecular weight is 493 g/mol. The van der Waals surface area contributed by atoms with E-state index >= 15 is 0 Å². The first-order valence-corrected chi connectivity index (χ1v) is 11.3. The Bertz CT molecular complexity index is 711. The molecule has 0 fully saturated rings. The fraction of sp³-hybridized carbons (Fsp3) is 0.571. The summed E-state index contributed by atoms with van der Waals surface area (Å²) in [5, 5.41) is 40.7. The Balaban J connectivity index is -0.000000578. The Morgan fingerprint density at radius 2 is 0.970 bits per heavy atom. The third-order valence-electron chi connectivity index (χ3n) is 4.00. The first-order valence-electron chi connectivity index (χ1n) is 11.3. The van der Waals surface area contributed by atoms with E-state index in [1.165, 1.54) is 11.1 Å². The van der Waals surface area contributed by atoms with E-state index in [-0.39, 0.29) is 38.3 Å². The molecule has 184 valence electrons. The molecule has 0 radical (unpaired) electrons. The van der Waals surface area contributed by atoms with E-state index < -0.39 is 18.3 Å². The van der Waals surface area contributed by atoms with Crippen molar-refractivity contribution >= 4 is 0 Å². The molecule has 0 saturated heterocycles. The van der Waals surface area contributed by atoms with Gasteiger partial charge in [0.25, 0.3) is 0 Å². The topological polar surface area (TPSA) is 92.2 Å². The van der Waals surface area contributed by atoms with Crippen molar-refractivity contribution in [1.82, 2.24) is 0 Å². The van der Waals surface area contributed by atoms with Gasteiger partial charge in [-0.15, -0.1) is 24.1 Å². The molecular weight excluding hydrogens is 448 g/mol. The van der Waals surface area contributed by atoms with Gasteiger partial charge in [-0.25, -0.2) is 0 Å². The second-order valence-electron chi connectivity index (χ2n) is 10.1. The zero-order chi connectivity index (χ0) is 25.7. The summed E-state index contributed by atoms with van der Waals surface area (Å²) in [6.07, 6.45) is -1.25. The molecule has 0 atom stereocenters. The minimum Gasteiger partial charge on any atom is -0.872 e. The van der Waals surface area contributed by atoms with Crippen molar-refractivity contribution < 1.29 is 42.1 Å². The summed E-state index contributed by atoms with van der Waals surface area (Å²) in [6, 6.07) is 16.2. The molecule has 5 heteroatoms. The third kappa shape index (κ3) is 17.9. The number of rotatable bonds is 2. The predicted molar refractivity (Wildman–Crippen MR) is 129 cm³/mol. The number of hydrogen-bond acceptors (Lipinski definition) is 4. The van der Waals surface area contributed by atoms with Gasteiger partial charge in [0.15, 0.2) is 0 Å². The zero-order valence-electron chi connectivity index (χ0n) is 22.5. The van der Waals surface area contributed by atoms with E-state index in [0.717, 1.165) is 5.56 Å². The van der Waals surface area contributed by atoms with E-state index in [1.807, 2.05) is 12.1 Å². The monoisotopic (exact) mass is 492 g/mol. The summed E-state index contributed by atoms with van der Waals surface area (Å²) in [5.41, 5.74) is 3.11. The van der Waals surface area contributed by atoms with Crippen LogP contribution in [-0.2, 0) is 32.5 Å². The second kappa shape index (κ2) is 17.3. The molecule has 0 amide bonds. The fourth-order valence-electron chi connectivity index (χ4n) is 2.53. The minimum atomic E-state index is -0.417. The van der Waals surface area contributed by atoms with Crippen molar-refractivity contribution in [2.45, 2.75) is 105 Å². The number of benzene rings is 2. The molecule has 0 aliphatic rings. The van der Waals surface area contributed by atoms with E-state index in [1.54, 1.807) is 47.6 Å². The number of hydrogen-bond donors (Lipinski definition) is 0. The van der Waals surface area contributed by atoms with Crippen molar-refractivity contribution in [3.63, 3.8) is 0 Å². The van der Waals surface area contributed by atoms with Gasteiger partial charge >= 0.3 is 21.7 Å². The Kier molecular flexibility index (Phi) is 19.1. The summed E-state index contributed by atoms with van der Waals surface area (Å²) in [7, 11) is 0. The summed E-state index contributed by atoms with van der Waals surface area (Å²) < 4.78 is 0. The molecule has 0 unspecified atom stereocenters. The minimum absolute atomic E-state index is 0. The van der Waals surface area contributed by atoms with Crippen LogP contribution in [0.2, 0.25) is 0 Å². The summed E-state index contributed by atoms with van der Waals surface area (Å²) in [5.74, 6) is 0.130. The zero-order valence-corrected chi connectivity index (χ0v) is 24.0. The molecular formula is C28H44O4Ti. The molecule has 0 spiro atoms. The first kappa shape index (κ1) is 36.4. The third-order valence-corrected chi connectivity index (χ3v) is 4.00. The molecule has 4 nitrogen and oxygen atoms in total. The van der Waals surface area contributed by atoms with Crippen LogP contribution in [-0.4, -0.2) is 18.3 Å². The molecule has 0 bridgehead atoms. The van der Waals surface area contributed by atoms with Gasteiger partial charge < -0.3 is 20.4 Å². The Morgan fingerprint density at radius 1 is 0.606 bits per heavy atom. The average Bonchev–Trinajstić information content (AvgIpc) is 2.60. The van der Waals surface area contributed by atoms with Gasteiger partial charge in [0.2, 0.25) is 0 Å². The molecule has 0 aliphatic carbocycles. The van der Waals surface area contributed by atoms with Crippen LogP contribution in [0.5, 0.6) is 5.75 Å². The van der Waals surface area contributed by atoms with Crippen molar-refractivity contribution in [3.8, 4) is 5.75 Å². The van der Waals surface area contributed by atoms with Gasteiger partial charge in [0, 0.05) is 5.41 Å². The standard InChI is InChI=1S/C19H24O.3C3H7O.Ti/c1-18(2,3)16-13-15(11-12-17(16)20)19(4,5)14-9-7-6-8-10-14;3*1-3(2)4;/h6-13,20H,1-5H3;3*3H,1-2H3;/q;3*-1;+4/p-1. The van der Waals surface area contributed by atoms with E-state index in [0.29, 0.717) is 0 Å². The predicted octanol–water partition coefficient (Wildman–Crippen LogP) is 3.65. The van der Waals surface area contributed by atoms with Crippen LogP contribution in [0, 0.1) is 0 Å². The maximum Gasteiger partial charge on any atom is 4.00 e. The Hall–Kier alpha value is -1.17. The van der Waals surface area contributed by atoms with Crippen LogP contribution in [0.15, 0.2) is 48.5 Å². The smallest absolute Gasteiger partial charge is 0.872 e. The molecule has 2 rings (SSSR count). The molecule has 0 N–H and O–H groups in total. The molecule has 0 aromatic heterocycles. The van der Waals surface area contributed by atoms with Crippen LogP contribution in [0.4, 0.5) is 0 Å². The molecule has 0 heterocycles. The summed E-state index contributed by atoms with van der Waals surface area (Å²) in [4.78, 5) is 0. The molecule has 2 aromatic rings. The summed E-state index contributed by atoms with van der Waals surface area (Å²) in [6.45, 7) is 20.3. The second-order valence-corrected chi connectivity index (χ2v) is 10.1. The van der Waals surface area contributed by atoms with Crippen LogP contribution < -0.4 is 20.4 Å². The van der Waals surface area contributed by atoms with Crippen LogP contribution >= 0.6 is 0 Å². The van der Waals surface area contributed by atoms with Crippen LogP contribution in [0.3, 0.4) is 0 Å². The van der Waals surface area contributed by atoms with Crippen molar-refractivity contribution in [1.29, 1.82) is 0 Å². The van der Waals surface area contributed by atoms with Gasteiger partial charge in [-0.2, -0.15) is 0 Å².